The molecule has 1 spiro atoms. The number of nitrogens with two attached hydrogens (primary N) is 1. The van der Waals surface area contributed by atoms with Crippen molar-refractivity contribution in [3.8, 4) is 0 Å². The van der Waals surface area contributed by atoms with E-state index >= 15 is 0 Å². The first kappa shape index (κ1) is 21.3. The van der Waals surface area contributed by atoms with E-state index in [1.807, 2.05) is 12.3 Å². The highest BCUT2D eigenvalue weighted by atomic mass is 32.2. The zero-order chi connectivity index (χ0) is 22.7. The molecule has 3 heterocycles. The van der Waals surface area contributed by atoms with Crippen LogP contribution in [0, 0.1) is 6.92 Å². The molecule has 2 aromatic heterocycles. The number of carbonyl (C=O) groups excluding carboxylic acids is 1. The van der Waals surface area contributed by atoms with E-state index in [1.54, 1.807) is 24.3 Å². The minimum Gasteiger partial charge on any atom is -0.440 e. The molecule has 8 nitrogen and oxygen atoms in total. The second-order valence-electron chi connectivity index (χ2n) is 8.43. The number of benzene rings is 1. The number of carbonyl (C=O) groups is 1. The van der Waals surface area contributed by atoms with Gasteiger partial charge in [0.1, 0.15) is 4.88 Å². The third-order valence-corrected chi connectivity index (χ3v) is 9.47. The molecule has 1 unspecified atom stereocenters. The van der Waals surface area contributed by atoms with E-state index in [2.05, 4.69) is 0 Å². The number of thiophene rings is 1. The van der Waals surface area contributed by atoms with Crippen LogP contribution in [-0.2, 0) is 21.5 Å². The van der Waals surface area contributed by atoms with Crippen molar-refractivity contribution < 1.29 is 17.9 Å². The molecule has 0 radical (unpaired) electrons. The van der Waals surface area contributed by atoms with Gasteiger partial charge in [0.05, 0.1) is 10.4 Å². The Hall–Kier alpha value is -2.53. The van der Waals surface area contributed by atoms with Crippen molar-refractivity contribution in [1.82, 2.24) is 8.87 Å². The van der Waals surface area contributed by atoms with Crippen LogP contribution < -0.4 is 11.3 Å². The first-order valence-corrected chi connectivity index (χ1v) is 12.7. The van der Waals surface area contributed by atoms with Gasteiger partial charge < -0.3 is 10.5 Å². The van der Waals surface area contributed by atoms with Crippen LogP contribution in [-0.4, -0.2) is 41.4 Å². The lowest BCUT2D eigenvalue weighted by Crippen LogP contribution is -2.44. The highest BCUT2D eigenvalue weighted by Gasteiger charge is 2.60. The number of pyridine rings is 1. The number of hydrogen-bond donors (Lipinski definition) is 1. The van der Waals surface area contributed by atoms with Crippen molar-refractivity contribution in [2.45, 2.75) is 49.4 Å². The summed E-state index contributed by atoms with van der Waals surface area (Å²) in [5.74, 6) is -0.508. The lowest BCUT2D eigenvalue weighted by atomic mass is 10.1. The van der Waals surface area contributed by atoms with Gasteiger partial charge in [-0.2, -0.15) is 4.31 Å². The standard InChI is InChI=1S/C22H23N3O5S2/c1-14-11-17(31-12-14)21(27)30-13-24-9-5-15-16(20(24)26)3-2-4-18(15)32(28,29)25-10-6-19(23)22(25)7-8-22/h2-5,9,11-12,19H,6-8,10,13,23H2,1H3. The largest absolute Gasteiger partial charge is 0.440 e. The van der Waals surface area contributed by atoms with Crippen LogP contribution >= 0.6 is 11.3 Å². The van der Waals surface area contributed by atoms with E-state index < -0.39 is 27.1 Å². The van der Waals surface area contributed by atoms with E-state index in [4.69, 9.17) is 10.5 Å². The summed E-state index contributed by atoms with van der Waals surface area (Å²) in [5, 5.41) is 2.45. The smallest absolute Gasteiger partial charge is 0.350 e. The van der Waals surface area contributed by atoms with E-state index in [9.17, 15) is 18.0 Å². The molecule has 0 bridgehead atoms. The monoisotopic (exact) mass is 473 g/mol. The molecule has 3 aromatic rings. The van der Waals surface area contributed by atoms with Crippen molar-refractivity contribution in [3.05, 3.63) is 62.7 Å². The fourth-order valence-corrected chi connectivity index (χ4v) is 7.39. The first-order valence-electron chi connectivity index (χ1n) is 10.4. The zero-order valence-electron chi connectivity index (χ0n) is 17.5. The lowest BCUT2D eigenvalue weighted by molar-refractivity contribution is 0.0372. The Labute approximate surface area is 189 Å². The van der Waals surface area contributed by atoms with Gasteiger partial charge in [-0.15, -0.1) is 11.3 Å². The quantitative estimate of drug-likeness (QED) is 0.570. The second kappa shape index (κ2) is 7.51. The molecule has 168 valence electrons. The Kier molecular flexibility index (Phi) is 5.01. The second-order valence-corrected chi connectivity index (χ2v) is 11.2. The molecule has 1 aliphatic heterocycles. The summed E-state index contributed by atoms with van der Waals surface area (Å²) in [4.78, 5) is 25.8. The Morgan fingerprint density at radius 1 is 1.28 bits per heavy atom. The molecule has 2 N–H and O–H groups in total. The van der Waals surface area contributed by atoms with Gasteiger partial charge in [-0.05, 0) is 61.4 Å². The van der Waals surface area contributed by atoms with Crippen LogP contribution in [0.5, 0.6) is 0 Å². The normalized spacial score (nSPS) is 20.1. The van der Waals surface area contributed by atoms with Crippen molar-refractivity contribution in [3.63, 3.8) is 0 Å². The number of ether oxygens (including phenoxy) is 1. The molecule has 1 saturated heterocycles. The molecule has 5 rings (SSSR count). The van der Waals surface area contributed by atoms with Gasteiger partial charge >= 0.3 is 5.97 Å². The zero-order valence-corrected chi connectivity index (χ0v) is 19.1. The predicted molar refractivity (Wildman–Crippen MR) is 121 cm³/mol. The fraction of sp³-hybridized carbons (Fsp3) is 0.364. The van der Waals surface area contributed by atoms with E-state index in [1.165, 1.54) is 32.5 Å². The van der Waals surface area contributed by atoms with Crippen molar-refractivity contribution in [2.75, 3.05) is 6.54 Å². The number of aromatic nitrogens is 1. The highest BCUT2D eigenvalue weighted by molar-refractivity contribution is 7.89. The maximum atomic E-state index is 13.5. The number of esters is 1. The van der Waals surface area contributed by atoms with Crippen LogP contribution in [0.1, 0.15) is 34.5 Å². The summed E-state index contributed by atoms with van der Waals surface area (Å²) < 4.78 is 35.1. The molecule has 32 heavy (non-hydrogen) atoms. The molecular weight excluding hydrogens is 450 g/mol. The van der Waals surface area contributed by atoms with Gasteiger partial charge in [-0.25, -0.2) is 13.2 Å². The van der Waals surface area contributed by atoms with E-state index in [0.717, 1.165) is 18.4 Å². The summed E-state index contributed by atoms with van der Waals surface area (Å²) in [6.07, 6.45) is 3.62. The minimum absolute atomic E-state index is 0.102. The number of fused-ring (bicyclic) bond motifs is 1. The SMILES string of the molecule is Cc1csc(C(=O)OCn2ccc3c(S(=O)(=O)N4CCC(N)C45CC5)cccc3c2=O)c1. The molecule has 1 aliphatic carbocycles. The summed E-state index contributed by atoms with van der Waals surface area (Å²) in [6, 6.07) is 7.83. The number of hydrogen-bond acceptors (Lipinski definition) is 7. The van der Waals surface area contributed by atoms with Gasteiger partial charge in [0.25, 0.3) is 5.56 Å². The number of sulfonamides is 1. The molecule has 2 fully saturated rings. The summed E-state index contributed by atoms with van der Waals surface area (Å²) >= 11 is 1.28. The Balaban J connectivity index is 1.46. The summed E-state index contributed by atoms with van der Waals surface area (Å²) in [7, 11) is -3.81. The van der Waals surface area contributed by atoms with Crippen LogP contribution in [0.25, 0.3) is 10.8 Å². The third-order valence-electron chi connectivity index (χ3n) is 6.41. The van der Waals surface area contributed by atoms with Gasteiger partial charge in [-0.1, -0.05) is 6.07 Å². The molecule has 0 amide bonds. The Morgan fingerprint density at radius 2 is 2.06 bits per heavy atom. The van der Waals surface area contributed by atoms with Crippen LogP contribution in [0.2, 0.25) is 0 Å². The number of aryl methyl sites for hydroxylation is 1. The van der Waals surface area contributed by atoms with Gasteiger partial charge in [-0.3, -0.25) is 9.36 Å². The third kappa shape index (κ3) is 3.29. The van der Waals surface area contributed by atoms with Crippen LogP contribution in [0.15, 0.2) is 51.6 Å². The van der Waals surface area contributed by atoms with Crippen molar-refractivity contribution in [2.24, 2.45) is 5.73 Å². The average molecular weight is 474 g/mol. The molecule has 2 aliphatic rings. The average Bonchev–Trinajstić information content (AvgIpc) is 3.33. The fourth-order valence-electron chi connectivity index (χ4n) is 4.51. The topological polar surface area (TPSA) is 112 Å². The highest BCUT2D eigenvalue weighted by Crippen LogP contribution is 2.51. The van der Waals surface area contributed by atoms with E-state index in [0.29, 0.717) is 23.2 Å². The molecule has 10 heteroatoms. The van der Waals surface area contributed by atoms with Gasteiger partial charge in [0, 0.05) is 29.6 Å². The van der Waals surface area contributed by atoms with Crippen molar-refractivity contribution >= 4 is 38.1 Å². The van der Waals surface area contributed by atoms with Gasteiger partial charge in [0.15, 0.2) is 6.73 Å². The molecule has 1 saturated carbocycles. The number of rotatable bonds is 5. The number of nitrogens with zero attached hydrogens (tertiary/aromatic N) is 2. The van der Waals surface area contributed by atoms with Crippen molar-refractivity contribution in [1.29, 1.82) is 0 Å². The lowest BCUT2D eigenvalue weighted by Gasteiger charge is -2.26. The summed E-state index contributed by atoms with van der Waals surface area (Å²) in [5.41, 5.74) is 6.26. The first-order chi connectivity index (χ1) is 15.2. The van der Waals surface area contributed by atoms with Crippen LogP contribution in [0.4, 0.5) is 0 Å². The maximum absolute atomic E-state index is 13.5. The summed E-state index contributed by atoms with van der Waals surface area (Å²) in [6.45, 7) is 2.01. The minimum atomic E-state index is -3.81. The Morgan fingerprint density at radius 3 is 2.75 bits per heavy atom. The predicted octanol–water partition coefficient (Wildman–Crippen LogP) is 2.44. The van der Waals surface area contributed by atoms with E-state index in [-0.39, 0.29) is 23.1 Å². The molecular formula is C22H23N3O5S2. The molecule has 1 atom stereocenters. The van der Waals surface area contributed by atoms with Crippen LogP contribution in [0.3, 0.4) is 0 Å². The Bertz CT molecular complexity index is 1390. The maximum Gasteiger partial charge on any atom is 0.350 e. The molecule has 1 aromatic carbocycles. The van der Waals surface area contributed by atoms with Gasteiger partial charge in [0.2, 0.25) is 10.0 Å².